The fraction of sp³-hybridized carbons (Fsp3) is 0.125. The summed E-state index contributed by atoms with van der Waals surface area (Å²) in [5, 5.41) is 2.73. The number of benzene rings is 1. The molecule has 0 fully saturated rings. The van der Waals surface area contributed by atoms with E-state index in [1.165, 1.54) is 38.6 Å². The molecule has 0 amide bonds. The molecule has 19 heavy (non-hydrogen) atoms. The summed E-state index contributed by atoms with van der Waals surface area (Å²) in [5.41, 5.74) is 6.58. The molecule has 0 saturated heterocycles. The smallest absolute Gasteiger partial charge is 0.260 e. The second-order valence-corrected chi connectivity index (χ2v) is 5.29. The van der Waals surface area contributed by atoms with Crippen LogP contribution in [0.3, 0.4) is 0 Å². The molecule has 3 aromatic heterocycles. The van der Waals surface area contributed by atoms with Crippen LogP contribution in [-0.4, -0.2) is 9.55 Å². The summed E-state index contributed by atoms with van der Waals surface area (Å²) in [5.74, 6) is 0. The largest absolute Gasteiger partial charge is 0.295 e. The fourth-order valence-electron chi connectivity index (χ4n) is 3.40. The van der Waals surface area contributed by atoms with Crippen molar-refractivity contribution >= 4 is 27.5 Å². The summed E-state index contributed by atoms with van der Waals surface area (Å²) < 4.78 is 4.67. The van der Waals surface area contributed by atoms with Gasteiger partial charge in [0.1, 0.15) is 6.54 Å². The summed E-state index contributed by atoms with van der Waals surface area (Å²) in [6.45, 7) is 3.16. The molecule has 0 radical (unpaired) electrons. The van der Waals surface area contributed by atoms with Crippen molar-refractivity contribution < 1.29 is 4.40 Å². The highest BCUT2D eigenvalue weighted by atomic mass is 15.1. The minimum Gasteiger partial charge on any atom is -0.260 e. The van der Waals surface area contributed by atoms with E-state index in [1.807, 2.05) is 12.4 Å². The number of nitrogens with zero attached hydrogens (tertiary/aromatic N) is 3. The Morgan fingerprint density at radius 3 is 3.11 bits per heavy atom. The average Bonchev–Trinajstić information content (AvgIpc) is 2.98. The normalized spacial score (nSPS) is 13.3. The van der Waals surface area contributed by atoms with Crippen molar-refractivity contribution in [2.24, 2.45) is 0 Å². The Labute approximate surface area is 109 Å². The minimum absolute atomic E-state index is 0.960. The predicted molar refractivity (Wildman–Crippen MR) is 74.2 cm³/mol. The van der Waals surface area contributed by atoms with E-state index < -0.39 is 0 Å². The lowest BCUT2D eigenvalue weighted by Gasteiger charge is -2.01. The number of aromatic nitrogens is 3. The third-order valence-electron chi connectivity index (χ3n) is 4.33. The number of hydrogen-bond donors (Lipinski definition) is 0. The van der Waals surface area contributed by atoms with Gasteiger partial charge in [-0.25, -0.2) is 4.57 Å². The van der Waals surface area contributed by atoms with Crippen LogP contribution in [0.2, 0.25) is 0 Å². The zero-order valence-electron chi connectivity index (χ0n) is 10.6. The number of rotatable bonds is 0. The van der Waals surface area contributed by atoms with Crippen LogP contribution >= 0.6 is 0 Å². The molecule has 4 heterocycles. The third kappa shape index (κ3) is 0.964. The summed E-state index contributed by atoms with van der Waals surface area (Å²) in [7, 11) is 0. The highest BCUT2D eigenvalue weighted by molar-refractivity contribution is 6.00. The highest BCUT2D eigenvalue weighted by Crippen LogP contribution is 2.33. The van der Waals surface area contributed by atoms with E-state index in [4.69, 9.17) is 0 Å². The molecular weight excluding hydrogens is 234 g/mol. The van der Waals surface area contributed by atoms with Crippen LogP contribution in [0.5, 0.6) is 0 Å². The number of aryl methyl sites for hydroxylation is 1. The minimum atomic E-state index is 0.960. The molecule has 0 bridgehead atoms. The Morgan fingerprint density at radius 2 is 2.16 bits per heavy atom. The summed E-state index contributed by atoms with van der Waals surface area (Å²) >= 11 is 0. The van der Waals surface area contributed by atoms with Crippen molar-refractivity contribution in [3.05, 3.63) is 54.0 Å². The van der Waals surface area contributed by atoms with Crippen LogP contribution in [0.1, 0.15) is 11.1 Å². The van der Waals surface area contributed by atoms with Gasteiger partial charge < -0.3 is 0 Å². The van der Waals surface area contributed by atoms with Gasteiger partial charge in [-0.15, -0.1) is 0 Å². The van der Waals surface area contributed by atoms with E-state index in [2.05, 4.69) is 51.3 Å². The number of hydrogen-bond acceptors (Lipinski definition) is 1. The maximum atomic E-state index is 4.28. The van der Waals surface area contributed by atoms with Crippen molar-refractivity contribution in [2.75, 3.05) is 0 Å². The maximum Gasteiger partial charge on any atom is 0.295 e. The van der Waals surface area contributed by atoms with Crippen molar-refractivity contribution in [3.63, 3.8) is 0 Å². The molecule has 0 unspecified atom stereocenters. The van der Waals surface area contributed by atoms with Crippen molar-refractivity contribution in [3.8, 4) is 0 Å². The molecule has 1 aliphatic heterocycles. The first-order valence-electron chi connectivity index (χ1n) is 6.53. The fourth-order valence-corrected chi connectivity index (χ4v) is 3.40. The summed E-state index contributed by atoms with van der Waals surface area (Å²) in [6.07, 6.45) is 6.00. The van der Waals surface area contributed by atoms with Crippen LogP contribution in [-0.2, 0) is 6.54 Å². The van der Waals surface area contributed by atoms with Gasteiger partial charge in [0.15, 0.2) is 11.0 Å². The Balaban J connectivity index is 2.19. The van der Waals surface area contributed by atoms with E-state index in [0.29, 0.717) is 0 Å². The molecule has 0 aliphatic carbocycles. The molecule has 1 aromatic carbocycles. The highest BCUT2D eigenvalue weighted by Gasteiger charge is 2.29. The lowest BCUT2D eigenvalue weighted by Crippen LogP contribution is -2.19. The molecule has 0 saturated carbocycles. The summed E-state index contributed by atoms with van der Waals surface area (Å²) in [4.78, 5) is 4.28. The van der Waals surface area contributed by atoms with Crippen molar-refractivity contribution in [1.82, 2.24) is 9.55 Å². The quantitative estimate of drug-likeness (QED) is 0.385. The van der Waals surface area contributed by atoms with Gasteiger partial charge in [-0.2, -0.15) is 4.40 Å². The van der Waals surface area contributed by atoms with E-state index >= 15 is 0 Å². The van der Waals surface area contributed by atoms with Gasteiger partial charge in [0, 0.05) is 17.8 Å². The van der Waals surface area contributed by atoms with Crippen LogP contribution in [0.4, 0.5) is 0 Å². The van der Waals surface area contributed by atoms with Gasteiger partial charge in [0.25, 0.3) is 5.65 Å². The first-order chi connectivity index (χ1) is 9.34. The van der Waals surface area contributed by atoms with Gasteiger partial charge in [0.2, 0.25) is 0 Å². The summed E-state index contributed by atoms with van der Waals surface area (Å²) in [6, 6.07) is 8.74. The number of pyridine rings is 2. The second-order valence-electron chi connectivity index (χ2n) is 5.29. The van der Waals surface area contributed by atoms with E-state index in [-0.39, 0.29) is 0 Å². The van der Waals surface area contributed by atoms with E-state index in [0.717, 1.165) is 6.54 Å². The van der Waals surface area contributed by atoms with Gasteiger partial charge >= 0.3 is 0 Å². The molecule has 1 aliphatic rings. The van der Waals surface area contributed by atoms with Crippen LogP contribution in [0, 0.1) is 6.92 Å². The molecule has 3 nitrogen and oxygen atoms in total. The molecule has 3 heteroatoms. The Hall–Kier alpha value is -2.42. The standard InChI is InChI=1S/C16H12N3/c1-10-2-3-11-5-7-18-13-4-6-17-8-14(13)19-9-12(10)15(11)16(18)19/h2-8H,9H2,1H3/q+1. The monoisotopic (exact) mass is 246 g/mol. The first kappa shape index (κ1) is 9.50. The van der Waals surface area contributed by atoms with E-state index in [9.17, 15) is 0 Å². The topological polar surface area (TPSA) is 21.9 Å². The zero-order valence-corrected chi connectivity index (χ0v) is 10.6. The van der Waals surface area contributed by atoms with Crippen LogP contribution < -0.4 is 4.40 Å². The lowest BCUT2D eigenvalue weighted by atomic mass is 10.0. The Bertz CT molecular complexity index is 995. The molecule has 5 rings (SSSR count). The lowest BCUT2D eigenvalue weighted by molar-refractivity contribution is -0.480. The zero-order chi connectivity index (χ0) is 12.6. The van der Waals surface area contributed by atoms with Crippen molar-refractivity contribution in [2.45, 2.75) is 13.5 Å². The second kappa shape index (κ2) is 2.94. The van der Waals surface area contributed by atoms with Gasteiger partial charge in [-0.05, 0) is 23.9 Å². The molecule has 0 spiro atoms. The Morgan fingerprint density at radius 1 is 1.21 bits per heavy atom. The van der Waals surface area contributed by atoms with E-state index in [1.54, 1.807) is 0 Å². The SMILES string of the molecule is Cc1ccc2cc[n+]3c4ccncc4n4c3c2c1C4. The van der Waals surface area contributed by atoms with Gasteiger partial charge in [0.05, 0.1) is 17.8 Å². The predicted octanol–water partition coefficient (Wildman–Crippen LogP) is 2.60. The molecular formula is C16H12N3+. The van der Waals surface area contributed by atoms with Gasteiger partial charge in [-0.3, -0.25) is 4.98 Å². The van der Waals surface area contributed by atoms with Crippen molar-refractivity contribution in [1.29, 1.82) is 0 Å². The number of fused-ring (bicyclic) bond motifs is 3. The molecule has 0 atom stereocenters. The van der Waals surface area contributed by atoms with Crippen LogP contribution in [0.15, 0.2) is 42.9 Å². The molecule has 90 valence electrons. The number of imidazole rings is 1. The Kier molecular flexibility index (Phi) is 1.47. The average molecular weight is 246 g/mol. The van der Waals surface area contributed by atoms with Gasteiger partial charge in [-0.1, -0.05) is 12.1 Å². The third-order valence-corrected chi connectivity index (χ3v) is 4.33. The molecule has 4 aromatic rings. The first-order valence-corrected chi connectivity index (χ1v) is 6.53. The van der Waals surface area contributed by atoms with Crippen LogP contribution in [0.25, 0.3) is 27.5 Å². The maximum absolute atomic E-state index is 4.28. The molecule has 0 N–H and O–H groups in total.